The van der Waals surface area contributed by atoms with Crippen molar-refractivity contribution in [2.24, 2.45) is 0 Å². The standard InChI is InChI=1S/C24H21F2N3O3S/c1-3-9-33(31)29-20-8-7-19(25)21(22(20)26)23(30)18-13-28-24-17(18)11-15(12-27-24)14-5-4-6-16(10-14)32-2/h4-8,10-13,29H,3,9H2,1-2H3,(H,27,28). The molecule has 33 heavy (non-hydrogen) atoms. The molecule has 0 radical (unpaired) electrons. The van der Waals surface area contributed by atoms with Gasteiger partial charge in [0.05, 0.1) is 18.4 Å². The maximum atomic E-state index is 15.1. The van der Waals surface area contributed by atoms with Gasteiger partial charge in [-0.1, -0.05) is 19.1 Å². The number of carbonyl (C=O) groups is 1. The van der Waals surface area contributed by atoms with Crippen LogP contribution in [0, 0.1) is 11.6 Å². The van der Waals surface area contributed by atoms with E-state index in [0.29, 0.717) is 34.5 Å². The van der Waals surface area contributed by atoms with Gasteiger partial charge in [0.2, 0.25) is 5.78 Å². The number of pyridine rings is 1. The summed E-state index contributed by atoms with van der Waals surface area (Å²) in [6, 6.07) is 11.2. The van der Waals surface area contributed by atoms with Crippen molar-refractivity contribution in [1.29, 1.82) is 0 Å². The molecule has 0 aliphatic rings. The summed E-state index contributed by atoms with van der Waals surface area (Å²) < 4.78 is 49.4. The van der Waals surface area contributed by atoms with Crippen LogP contribution in [-0.4, -0.2) is 32.8 Å². The molecule has 2 aromatic heterocycles. The summed E-state index contributed by atoms with van der Waals surface area (Å²) in [6.07, 6.45) is 3.63. The van der Waals surface area contributed by atoms with Crippen molar-refractivity contribution in [3.63, 3.8) is 0 Å². The molecule has 1 atom stereocenters. The van der Waals surface area contributed by atoms with Gasteiger partial charge in [0, 0.05) is 34.7 Å². The minimum Gasteiger partial charge on any atom is -0.497 e. The number of carbonyl (C=O) groups excluding carboxylic acids is 1. The minimum absolute atomic E-state index is 0.0758. The highest BCUT2D eigenvalue weighted by Gasteiger charge is 2.25. The van der Waals surface area contributed by atoms with Gasteiger partial charge in [-0.15, -0.1) is 0 Å². The fourth-order valence-corrected chi connectivity index (χ4v) is 4.36. The van der Waals surface area contributed by atoms with Crippen LogP contribution in [0.3, 0.4) is 0 Å². The third-order valence-corrected chi connectivity index (χ3v) is 6.34. The Kier molecular flexibility index (Phi) is 6.50. The largest absolute Gasteiger partial charge is 0.497 e. The fraction of sp³-hybridized carbons (Fsp3) is 0.167. The van der Waals surface area contributed by atoms with Crippen LogP contribution in [0.1, 0.15) is 29.3 Å². The van der Waals surface area contributed by atoms with Crippen LogP contribution in [-0.2, 0) is 11.0 Å². The van der Waals surface area contributed by atoms with Crippen LogP contribution < -0.4 is 9.46 Å². The molecule has 1 unspecified atom stereocenters. The Hall–Kier alpha value is -3.59. The highest BCUT2D eigenvalue weighted by Crippen LogP contribution is 2.30. The van der Waals surface area contributed by atoms with Gasteiger partial charge >= 0.3 is 0 Å². The number of ketones is 1. The van der Waals surface area contributed by atoms with Crippen LogP contribution in [0.4, 0.5) is 14.5 Å². The second-order valence-corrected chi connectivity index (χ2v) is 8.62. The van der Waals surface area contributed by atoms with Crippen LogP contribution in [0.5, 0.6) is 5.75 Å². The van der Waals surface area contributed by atoms with Crippen LogP contribution in [0.25, 0.3) is 22.2 Å². The Morgan fingerprint density at radius 2 is 2.00 bits per heavy atom. The van der Waals surface area contributed by atoms with Crippen molar-refractivity contribution in [3.05, 3.63) is 77.6 Å². The van der Waals surface area contributed by atoms with Gasteiger partial charge in [0.1, 0.15) is 28.2 Å². The monoisotopic (exact) mass is 469 g/mol. The van der Waals surface area contributed by atoms with Crippen molar-refractivity contribution in [3.8, 4) is 16.9 Å². The number of nitrogens with zero attached hydrogens (tertiary/aromatic N) is 1. The third-order valence-electron chi connectivity index (χ3n) is 5.11. The third kappa shape index (κ3) is 4.49. The Bertz CT molecular complexity index is 1370. The molecule has 9 heteroatoms. The molecule has 6 nitrogen and oxygen atoms in total. The highest BCUT2D eigenvalue weighted by molar-refractivity contribution is 7.86. The molecule has 2 heterocycles. The smallest absolute Gasteiger partial charge is 0.201 e. The van der Waals surface area contributed by atoms with E-state index in [1.807, 2.05) is 25.1 Å². The number of benzene rings is 2. The second-order valence-electron chi connectivity index (χ2n) is 7.32. The number of aromatic nitrogens is 2. The van der Waals surface area contributed by atoms with Gasteiger partial charge < -0.3 is 14.4 Å². The van der Waals surface area contributed by atoms with Crippen molar-refractivity contribution < 1.29 is 22.5 Å². The molecule has 2 N–H and O–H groups in total. The van der Waals surface area contributed by atoms with Gasteiger partial charge in [0.25, 0.3) is 0 Å². The first-order valence-electron chi connectivity index (χ1n) is 10.2. The number of hydrogen-bond acceptors (Lipinski definition) is 4. The van der Waals surface area contributed by atoms with E-state index < -0.39 is 34.0 Å². The lowest BCUT2D eigenvalue weighted by Crippen LogP contribution is -2.13. The quantitative estimate of drug-likeness (QED) is 0.346. The summed E-state index contributed by atoms with van der Waals surface area (Å²) in [6.45, 7) is 1.83. The second kappa shape index (κ2) is 9.50. The number of ether oxygens (including phenoxy) is 1. The summed E-state index contributed by atoms with van der Waals surface area (Å²) in [5.74, 6) is -1.98. The Labute approximate surface area is 191 Å². The summed E-state index contributed by atoms with van der Waals surface area (Å²) in [5.41, 5.74) is 1.09. The number of methoxy groups -OCH3 is 1. The minimum atomic E-state index is -1.55. The van der Waals surface area contributed by atoms with E-state index >= 15 is 4.39 Å². The van der Waals surface area contributed by atoms with Gasteiger partial charge in [0.15, 0.2) is 5.82 Å². The van der Waals surface area contributed by atoms with E-state index in [0.717, 1.165) is 17.7 Å². The Balaban J connectivity index is 1.76. The number of nitrogens with one attached hydrogen (secondary N) is 2. The fourth-order valence-electron chi connectivity index (χ4n) is 3.48. The maximum Gasteiger partial charge on any atom is 0.201 e. The van der Waals surface area contributed by atoms with E-state index in [9.17, 15) is 13.4 Å². The normalized spacial score (nSPS) is 12.0. The van der Waals surface area contributed by atoms with Crippen molar-refractivity contribution >= 4 is 33.5 Å². The topological polar surface area (TPSA) is 84.1 Å². The Morgan fingerprint density at radius 1 is 1.18 bits per heavy atom. The van der Waals surface area contributed by atoms with Gasteiger partial charge in [-0.2, -0.15) is 0 Å². The molecule has 170 valence electrons. The molecule has 0 aliphatic carbocycles. The van der Waals surface area contributed by atoms with Gasteiger partial charge in [-0.3, -0.25) is 4.79 Å². The molecule has 4 aromatic rings. The van der Waals surface area contributed by atoms with Crippen LogP contribution in [0.2, 0.25) is 0 Å². The molecule has 0 fully saturated rings. The zero-order valence-corrected chi connectivity index (χ0v) is 18.8. The zero-order valence-electron chi connectivity index (χ0n) is 17.9. The number of hydrogen-bond donors (Lipinski definition) is 2. The van der Waals surface area contributed by atoms with E-state index in [2.05, 4.69) is 14.7 Å². The molecule has 0 aliphatic heterocycles. The molecule has 0 amide bonds. The summed E-state index contributed by atoms with van der Waals surface area (Å²) >= 11 is 0. The van der Waals surface area contributed by atoms with E-state index in [1.54, 1.807) is 25.4 Å². The number of anilines is 1. The Morgan fingerprint density at radius 3 is 2.76 bits per heavy atom. The predicted octanol–water partition coefficient (Wildman–Crippen LogP) is 5.23. The molecule has 2 aromatic carbocycles. The maximum absolute atomic E-state index is 15.1. The van der Waals surface area contributed by atoms with E-state index in [4.69, 9.17) is 4.74 Å². The van der Waals surface area contributed by atoms with Crippen molar-refractivity contribution in [2.75, 3.05) is 17.6 Å². The average molecular weight is 470 g/mol. The lowest BCUT2D eigenvalue weighted by atomic mass is 10.00. The predicted molar refractivity (Wildman–Crippen MR) is 125 cm³/mol. The summed E-state index contributed by atoms with van der Waals surface area (Å²) in [5, 5.41) is 0.423. The molecule has 4 rings (SSSR count). The van der Waals surface area contributed by atoms with E-state index in [-0.39, 0.29) is 11.3 Å². The van der Waals surface area contributed by atoms with E-state index in [1.165, 1.54) is 6.20 Å². The van der Waals surface area contributed by atoms with Gasteiger partial charge in [-0.05, 0) is 42.3 Å². The molecule has 0 saturated carbocycles. The first-order valence-corrected chi connectivity index (χ1v) is 11.5. The SMILES string of the molecule is CCCS(=O)Nc1ccc(F)c(C(=O)c2c[nH]c3ncc(-c4cccc(OC)c4)cc23)c1F. The lowest BCUT2D eigenvalue weighted by molar-refractivity contribution is 0.103. The summed E-state index contributed by atoms with van der Waals surface area (Å²) in [7, 11) is 0.0171. The number of halogens is 2. The number of aromatic amines is 1. The molecule has 0 saturated heterocycles. The van der Waals surface area contributed by atoms with Crippen molar-refractivity contribution in [2.45, 2.75) is 13.3 Å². The molecule has 0 bridgehead atoms. The highest BCUT2D eigenvalue weighted by atomic mass is 32.2. The van der Waals surface area contributed by atoms with Gasteiger partial charge in [-0.25, -0.2) is 18.0 Å². The first-order chi connectivity index (χ1) is 15.9. The lowest BCUT2D eigenvalue weighted by Gasteiger charge is -2.10. The number of fused-ring (bicyclic) bond motifs is 1. The van der Waals surface area contributed by atoms with Crippen molar-refractivity contribution in [1.82, 2.24) is 9.97 Å². The summed E-state index contributed by atoms with van der Waals surface area (Å²) in [4.78, 5) is 20.4. The zero-order chi connectivity index (χ0) is 23.5. The van der Waals surface area contributed by atoms with Crippen LogP contribution in [0.15, 0.2) is 54.9 Å². The number of rotatable bonds is 8. The van der Waals surface area contributed by atoms with Crippen LogP contribution >= 0.6 is 0 Å². The average Bonchev–Trinajstić information content (AvgIpc) is 3.24. The number of H-pyrrole nitrogens is 1. The first kappa shape index (κ1) is 22.6. The molecular formula is C24H21F2N3O3S. The molecule has 0 spiro atoms. The molecular weight excluding hydrogens is 448 g/mol.